The van der Waals surface area contributed by atoms with Crippen LogP contribution in [0.3, 0.4) is 0 Å². The predicted molar refractivity (Wildman–Crippen MR) is 42.0 cm³/mol. The van der Waals surface area contributed by atoms with Gasteiger partial charge in [-0.3, -0.25) is 0 Å². The zero-order valence-electron chi connectivity index (χ0n) is 5.64. The first-order valence-electron chi connectivity index (χ1n) is 3.05. The van der Waals surface area contributed by atoms with Crippen LogP contribution in [-0.2, 0) is 0 Å². The predicted octanol–water partition coefficient (Wildman–Crippen LogP) is -2.57. The second-order valence-corrected chi connectivity index (χ2v) is 15.5. The summed E-state index contributed by atoms with van der Waals surface area (Å²) < 4.78 is 2.72. The second kappa shape index (κ2) is 4.45. The first-order chi connectivity index (χ1) is 4.24. The van der Waals surface area contributed by atoms with E-state index < -0.39 is 18.4 Å². The van der Waals surface area contributed by atoms with Gasteiger partial charge >= 0.3 is 59.6 Å². The Morgan fingerprint density at radius 1 is 0.667 bits per heavy atom. The van der Waals surface area contributed by atoms with Crippen LogP contribution >= 0.6 is 0 Å². The van der Waals surface area contributed by atoms with E-state index in [0.29, 0.717) is 18.2 Å². The third kappa shape index (κ3) is 2.38. The van der Waals surface area contributed by atoms with Crippen molar-refractivity contribution in [3.05, 3.63) is 0 Å². The van der Waals surface area contributed by atoms with Crippen LogP contribution in [-0.4, -0.2) is 36.6 Å². The molecule has 0 saturated heterocycles. The third-order valence-corrected chi connectivity index (χ3v) is 11.6. The van der Waals surface area contributed by atoms with Gasteiger partial charge in [-0.05, 0) is 0 Å². The minimum atomic E-state index is -2.28. The Hall–Kier alpha value is 0.639. The van der Waals surface area contributed by atoms with E-state index in [2.05, 4.69) is 0 Å². The van der Waals surface area contributed by atoms with Crippen LogP contribution < -0.4 is 22.9 Å². The van der Waals surface area contributed by atoms with E-state index in [1.54, 1.807) is 0 Å². The molecular formula is C4H16N4Sn. The van der Waals surface area contributed by atoms with Gasteiger partial charge in [0.2, 0.25) is 0 Å². The normalized spacial score (nSPS) is 12.0. The third-order valence-electron chi connectivity index (χ3n) is 1.73. The summed E-state index contributed by atoms with van der Waals surface area (Å²) >= 11 is -2.28. The molecular weight excluding hydrogens is 223 g/mol. The van der Waals surface area contributed by atoms with Gasteiger partial charge in [-0.1, -0.05) is 0 Å². The molecule has 8 N–H and O–H groups in total. The average Bonchev–Trinajstić information content (AvgIpc) is 1.95. The zero-order valence-corrected chi connectivity index (χ0v) is 8.49. The van der Waals surface area contributed by atoms with E-state index in [9.17, 15) is 0 Å². The molecule has 0 spiro atoms. The molecule has 0 aromatic carbocycles. The molecule has 5 heteroatoms. The van der Waals surface area contributed by atoms with Gasteiger partial charge in [-0.15, -0.1) is 0 Å². The van der Waals surface area contributed by atoms with Crippen LogP contribution in [0.15, 0.2) is 0 Å². The molecule has 0 aliphatic heterocycles. The molecule has 0 fully saturated rings. The SMILES string of the molecule is N[CH2][Sn]([CH2]N)([CH2]N)[CH2]N. The summed E-state index contributed by atoms with van der Waals surface area (Å²) in [6, 6.07) is 0. The summed E-state index contributed by atoms with van der Waals surface area (Å²) in [5, 5.41) is 0. The molecule has 0 bridgehead atoms. The molecule has 56 valence electrons. The summed E-state index contributed by atoms with van der Waals surface area (Å²) in [7, 11) is 0. The standard InChI is InChI=1S/4CH4N.Sn/c4*1-2;/h4*1-2H2;. The molecule has 0 rings (SSSR count). The molecule has 0 radical (unpaired) electrons. The molecule has 0 heterocycles. The van der Waals surface area contributed by atoms with Crippen molar-refractivity contribution in [3.8, 4) is 0 Å². The Kier molecular flexibility index (Phi) is 4.77. The van der Waals surface area contributed by atoms with Crippen molar-refractivity contribution in [2.24, 2.45) is 22.9 Å². The van der Waals surface area contributed by atoms with E-state index in [4.69, 9.17) is 22.9 Å². The van der Waals surface area contributed by atoms with Gasteiger partial charge in [0.15, 0.2) is 0 Å². The number of rotatable bonds is 4. The molecule has 0 saturated carbocycles. The number of hydrogen-bond acceptors (Lipinski definition) is 4. The van der Waals surface area contributed by atoms with E-state index in [-0.39, 0.29) is 0 Å². The van der Waals surface area contributed by atoms with E-state index >= 15 is 0 Å². The van der Waals surface area contributed by atoms with Crippen molar-refractivity contribution >= 4 is 18.4 Å². The van der Waals surface area contributed by atoms with Gasteiger partial charge in [0.1, 0.15) is 0 Å². The minimum absolute atomic E-state index is 0.679. The van der Waals surface area contributed by atoms with Gasteiger partial charge in [0.25, 0.3) is 0 Å². The Labute approximate surface area is 59.8 Å². The van der Waals surface area contributed by atoms with Crippen LogP contribution in [0.1, 0.15) is 0 Å². The summed E-state index contributed by atoms with van der Waals surface area (Å²) in [5.74, 6) is 0. The van der Waals surface area contributed by atoms with E-state index in [1.807, 2.05) is 0 Å². The second-order valence-electron chi connectivity index (χ2n) is 2.32. The van der Waals surface area contributed by atoms with Gasteiger partial charge in [-0.25, -0.2) is 0 Å². The Balaban J connectivity index is 3.82. The summed E-state index contributed by atoms with van der Waals surface area (Å²) in [4.78, 5) is 0. The number of hydrogen-bond donors (Lipinski definition) is 4. The molecule has 0 aliphatic carbocycles. The molecule has 0 aromatic heterocycles. The van der Waals surface area contributed by atoms with Crippen molar-refractivity contribution in [1.29, 1.82) is 0 Å². The van der Waals surface area contributed by atoms with Gasteiger partial charge in [0.05, 0.1) is 0 Å². The van der Waals surface area contributed by atoms with E-state index in [1.165, 1.54) is 0 Å². The molecule has 0 aliphatic rings. The van der Waals surface area contributed by atoms with Crippen LogP contribution in [0.4, 0.5) is 0 Å². The summed E-state index contributed by atoms with van der Waals surface area (Å²) in [6.45, 7) is 0. The number of nitrogens with two attached hydrogens (primary N) is 4. The van der Waals surface area contributed by atoms with Crippen LogP contribution in [0.5, 0.6) is 0 Å². The van der Waals surface area contributed by atoms with Crippen molar-refractivity contribution < 1.29 is 0 Å². The molecule has 4 nitrogen and oxygen atoms in total. The fourth-order valence-electron chi connectivity index (χ4n) is 0.500. The topological polar surface area (TPSA) is 104 Å². The fourth-order valence-corrected chi connectivity index (χ4v) is 3.35. The summed E-state index contributed by atoms with van der Waals surface area (Å²) in [5.41, 5.74) is 22.0. The van der Waals surface area contributed by atoms with Gasteiger partial charge in [-0.2, -0.15) is 0 Å². The van der Waals surface area contributed by atoms with Crippen LogP contribution in [0.2, 0.25) is 0 Å². The fraction of sp³-hybridized carbons (Fsp3) is 1.00. The molecule has 0 aromatic rings. The van der Waals surface area contributed by atoms with Gasteiger partial charge in [0, 0.05) is 0 Å². The molecule has 0 unspecified atom stereocenters. The average molecular weight is 239 g/mol. The summed E-state index contributed by atoms with van der Waals surface area (Å²) in [6.07, 6.45) is 0. The van der Waals surface area contributed by atoms with Crippen LogP contribution in [0, 0.1) is 0 Å². The maximum absolute atomic E-state index is 5.49. The van der Waals surface area contributed by atoms with Crippen molar-refractivity contribution in [3.63, 3.8) is 0 Å². The van der Waals surface area contributed by atoms with Gasteiger partial charge < -0.3 is 0 Å². The van der Waals surface area contributed by atoms with Crippen molar-refractivity contribution in [1.82, 2.24) is 0 Å². The first kappa shape index (κ1) is 9.64. The quantitative estimate of drug-likeness (QED) is 0.404. The zero-order chi connectivity index (χ0) is 7.33. The van der Waals surface area contributed by atoms with Crippen molar-refractivity contribution in [2.75, 3.05) is 18.2 Å². The van der Waals surface area contributed by atoms with Crippen molar-refractivity contribution in [2.45, 2.75) is 0 Å². The van der Waals surface area contributed by atoms with Crippen LogP contribution in [0.25, 0.3) is 0 Å². The molecule has 0 atom stereocenters. The molecule has 0 amide bonds. The molecule has 9 heavy (non-hydrogen) atoms. The Bertz CT molecular complexity index is 55.5. The monoisotopic (exact) mass is 240 g/mol. The first-order valence-corrected chi connectivity index (χ1v) is 11.1. The van der Waals surface area contributed by atoms with E-state index in [0.717, 1.165) is 0 Å². The Morgan fingerprint density at radius 3 is 0.889 bits per heavy atom. The Morgan fingerprint density at radius 2 is 0.889 bits per heavy atom. The maximum atomic E-state index is 5.49.